The molecule has 3 aromatic rings. The van der Waals surface area contributed by atoms with Crippen LogP contribution in [0.5, 0.6) is 0 Å². The molecule has 2 aliphatic rings. The summed E-state index contributed by atoms with van der Waals surface area (Å²) in [4.78, 5) is 20.9. The van der Waals surface area contributed by atoms with Crippen molar-refractivity contribution in [1.82, 2.24) is 19.7 Å². The smallest absolute Gasteiger partial charge is 0.222 e. The minimum Gasteiger partial charge on any atom is -0.343 e. The van der Waals surface area contributed by atoms with Gasteiger partial charge in [0.1, 0.15) is 16.9 Å². The maximum absolute atomic E-state index is 12.7. The van der Waals surface area contributed by atoms with Crippen LogP contribution < -0.4 is 0 Å². The predicted octanol–water partition coefficient (Wildman–Crippen LogP) is 5.15. The normalized spacial score (nSPS) is 18.0. The number of aromatic nitrogens is 3. The molecule has 166 valence electrons. The minimum atomic E-state index is -0.147. The molecule has 0 N–H and O–H groups in total. The van der Waals surface area contributed by atoms with Crippen molar-refractivity contribution in [3.05, 3.63) is 63.0 Å². The van der Waals surface area contributed by atoms with Crippen LogP contribution in [0.2, 0.25) is 5.02 Å². The topological polar surface area (TPSA) is 63.4 Å². The summed E-state index contributed by atoms with van der Waals surface area (Å²) in [7, 11) is 0. The molecule has 1 saturated heterocycles. The van der Waals surface area contributed by atoms with Gasteiger partial charge in [0.05, 0.1) is 5.71 Å². The largest absolute Gasteiger partial charge is 0.343 e. The Kier molecular flexibility index (Phi) is 5.86. The number of amides is 1. The van der Waals surface area contributed by atoms with Gasteiger partial charge >= 0.3 is 0 Å². The molecule has 6 nitrogen and oxygen atoms in total. The van der Waals surface area contributed by atoms with Crippen molar-refractivity contribution >= 4 is 34.6 Å². The summed E-state index contributed by atoms with van der Waals surface area (Å²) in [5.41, 5.74) is 2.80. The van der Waals surface area contributed by atoms with Gasteiger partial charge < -0.3 is 4.90 Å². The number of hydrogen-bond donors (Lipinski definition) is 0. The van der Waals surface area contributed by atoms with Crippen LogP contribution in [0, 0.1) is 6.92 Å². The van der Waals surface area contributed by atoms with Gasteiger partial charge in [-0.15, -0.1) is 21.5 Å². The van der Waals surface area contributed by atoms with Crippen LogP contribution in [0.25, 0.3) is 5.00 Å². The molecule has 0 aliphatic carbocycles. The van der Waals surface area contributed by atoms with Crippen molar-refractivity contribution in [3.8, 4) is 5.00 Å². The van der Waals surface area contributed by atoms with Gasteiger partial charge in [-0.1, -0.05) is 29.8 Å². The van der Waals surface area contributed by atoms with Crippen molar-refractivity contribution in [1.29, 1.82) is 0 Å². The van der Waals surface area contributed by atoms with E-state index in [-0.39, 0.29) is 11.9 Å². The molecule has 0 saturated carbocycles. The average Bonchev–Trinajstić information content (AvgIpc) is 3.37. The van der Waals surface area contributed by atoms with Crippen LogP contribution in [0.15, 0.2) is 35.3 Å². The van der Waals surface area contributed by atoms with E-state index in [1.807, 2.05) is 43.0 Å². The second-order valence-corrected chi connectivity index (χ2v) is 9.97. The van der Waals surface area contributed by atoms with E-state index in [2.05, 4.69) is 20.8 Å². The minimum absolute atomic E-state index is 0.147. The first-order valence-corrected chi connectivity index (χ1v) is 12.4. The van der Waals surface area contributed by atoms with Gasteiger partial charge in [0.25, 0.3) is 0 Å². The van der Waals surface area contributed by atoms with E-state index in [9.17, 15) is 4.79 Å². The third-order valence-corrected chi connectivity index (χ3v) is 7.70. The lowest BCUT2D eigenvalue weighted by Crippen LogP contribution is -2.35. The maximum Gasteiger partial charge on any atom is 0.222 e. The molecule has 1 fully saturated rings. The van der Waals surface area contributed by atoms with Crippen LogP contribution in [-0.4, -0.2) is 44.4 Å². The maximum atomic E-state index is 12.7. The highest BCUT2D eigenvalue weighted by atomic mass is 35.5. The molecular weight excluding hydrogens is 442 g/mol. The van der Waals surface area contributed by atoms with Crippen LogP contribution >= 0.6 is 22.9 Å². The van der Waals surface area contributed by atoms with Crippen molar-refractivity contribution in [2.45, 2.75) is 52.0 Å². The Labute approximate surface area is 197 Å². The van der Waals surface area contributed by atoms with Gasteiger partial charge in [-0.2, -0.15) is 0 Å². The number of carbonyl (C=O) groups excluding carboxylic acids is 1. The molecule has 2 aromatic heterocycles. The quantitative estimate of drug-likeness (QED) is 0.533. The summed E-state index contributed by atoms with van der Waals surface area (Å²) < 4.78 is 2.11. The van der Waals surface area contributed by atoms with E-state index in [0.717, 1.165) is 70.7 Å². The molecule has 8 heteroatoms. The molecule has 4 heterocycles. The fourth-order valence-corrected chi connectivity index (χ4v) is 5.95. The monoisotopic (exact) mass is 467 g/mol. The van der Waals surface area contributed by atoms with Gasteiger partial charge in [0.15, 0.2) is 5.82 Å². The molecule has 0 bridgehead atoms. The van der Waals surface area contributed by atoms with Gasteiger partial charge in [-0.3, -0.25) is 14.4 Å². The lowest BCUT2D eigenvalue weighted by atomic mass is 10.0. The number of hydrogen-bond acceptors (Lipinski definition) is 5. The van der Waals surface area contributed by atoms with E-state index < -0.39 is 0 Å². The summed E-state index contributed by atoms with van der Waals surface area (Å²) in [6.45, 7) is 5.78. The number of fused-ring (bicyclic) bond motifs is 3. The number of benzene rings is 1. The molecule has 0 spiro atoms. The zero-order valence-electron chi connectivity index (χ0n) is 18.3. The van der Waals surface area contributed by atoms with E-state index in [1.54, 1.807) is 11.3 Å². The Hall–Kier alpha value is -2.51. The number of carbonyl (C=O) groups is 1. The van der Waals surface area contributed by atoms with Crippen molar-refractivity contribution in [3.63, 3.8) is 0 Å². The first kappa shape index (κ1) is 21.3. The van der Waals surface area contributed by atoms with Crippen molar-refractivity contribution in [2.75, 3.05) is 13.1 Å². The van der Waals surface area contributed by atoms with Crippen molar-refractivity contribution in [2.24, 2.45) is 4.99 Å². The standard InChI is InChI=1S/C24H26ClN5OS/c1-15-23-28-27-16(2)30(23)24-19(22(26-15)18-8-4-5-9-20(18)25)14-17(32-24)10-11-21(31)29-12-6-3-7-13-29/h4-5,8-9,14-15H,3,6-7,10-13H2,1-2H3. The lowest BCUT2D eigenvalue weighted by molar-refractivity contribution is -0.132. The van der Waals surface area contributed by atoms with Crippen LogP contribution in [0.1, 0.15) is 66.3 Å². The first-order chi connectivity index (χ1) is 15.5. The predicted molar refractivity (Wildman–Crippen MR) is 128 cm³/mol. The Bertz CT molecular complexity index is 1190. The van der Waals surface area contributed by atoms with Gasteiger partial charge in [-0.25, -0.2) is 0 Å². The fourth-order valence-electron chi connectivity index (χ4n) is 4.51. The number of likely N-dealkylation sites (tertiary alicyclic amines) is 1. The summed E-state index contributed by atoms with van der Waals surface area (Å²) in [5.74, 6) is 1.91. The number of nitrogens with zero attached hydrogens (tertiary/aromatic N) is 5. The van der Waals surface area contributed by atoms with Crippen LogP contribution in [-0.2, 0) is 11.2 Å². The number of halogens is 1. The zero-order chi connectivity index (χ0) is 22.2. The molecule has 1 unspecified atom stereocenters. The van der Waals surface area contributed by atoms with Gasteiger partial charge in [0.2, 0.25) is 5.91 Å². The van der Waals surface area contributed by atoms with Crippen LogP contribution in [0.3, 0.4) is 0 Å². The number of rotatable bonds is 4. The van der Waals surface area contributed by atoms with E-state index in [1.165, 1.54) is 6.42 Å². The average molecular weight is 468 g/mol. The Morgan fingerprint density at radius 1 is 1.16 bits per heavy atom. The highest BCUT2D eigenvalue weighted by molar-refractivity contribution is 7.15. The lowest BCUT2D eigenvalue weighted by Gasteiger charge is -2.26. The summed E-state index contributed by atoms with van der Waals surface area (Å²) in [6.07, 6.45) is 4.71. The number of thiophene rings is 1. The second kappa shape index (κ2) is 8.79. The molecule has 5 rings (SSSR count). The SMILES string of the molecule is Cc1nnc2n1-c1sc(CCC(=O)N3CCCCC3)cc1C(c1ccccc1Cl)=NC2C. The highest BCUT2D eigenvalue weighted by Gasteiger charge is 2.29. The van der Waals surface area contributed by atoms with Crippen molar-refractivity contribution < 1.29 is 4.79 Å². The number of piperidine rings is 1. The summed E-state index contributed by atoms with van der Waals surface area (Å²) in [5, 5.41) is 10.4. The fraction of sp³-hybridized carbons (Fsp3) is 0.417. The molecular formula is C24H26ClN5OS. The molecule has 2 aliphatic heterocycles. The number of aliphatic imine (C=N–C) groups is 1. The Morgan fingerprint density at radius 3 is 2.72 bits per heavy atom. The van der Waals surface area contributed by atoms with E-state index >= 15 is 0 Å². The zero-order valence-corrected chi connectivity index (χ0v) is 19.9. The van der Waals surface area contributed by atoms with E-state index in [0.29, 0.717) is 11.4 Å². The second-order valence-electron chi connectivity index (χ2n) is 8.45. The number of aryl methyl sites for hydroxylation is 2. The van der Waals surface area contributed by atoms with Crippen LogP contribution in [0.4, 0.5) is 0 Å². The first-order valence-electron chi connectivity index (χ1n) is 11.2. The van der Waals surface area contributed by atoms with Gasteiger partial charge in [-0.05, 0) is 51.7 Å². The van der Waals surface area contributed by atoms with E-state index in [4.69, 9.17) is 16.6 Å². The highest BCUT2D eigenvalue weighted by Crippen LogP contribution is 2.37. The Balaban J connectivity index is 1.52. The Morgan fingerprint density at radius 2 is 1.94 bits per heavy atom. The summed E-state index contributed by atoms with van der Waals surface area (Å²) in [6, 6.07) is 9.84. The molecule has 1 aromatic carbocycles. The van der Waals surface area contributed by atoms with Gasteiger partial charge in [0, 0.05) is 40.5 Å². The molecule has 32 heavy (non-hydrogen) atoms. The molecule has 1 atom stereocenters. The third kappa shape index (κ3) is 3.88. The molecule has 1 amide bonds. The summed E-state index contributed by atoms with van der Waals surface area (Å²) >= 11 is 8.27. The molecule has 0 radical (unpaired) electrons. The third-order valence-electron chi connectivity index (χ3n) is 6.19.